The van der Waals surface area contributed by atoms with Gasteiger partial charge in [-0.25, -0.2) is 0 Å². The molecule has 6 heteroatoms. The Morgan fingerprint density at radius 3 is 2.42 bits per heavy atom. The van der Waals surface area contributed by atoms with Crippen LogP contribution in [0.1, 0.15) is 18.1 Å². The summed E-state index contributed by atoms with van der Waals surface area (Å²) in [6.07, 6.45) is 0.335. The van der Waals surface area contributed by atoms with E-state index in [4.69, 9.17) is 25.1 Å². The fourth-order valence-corrected chi connectivity index (χ4v) is 2.27. The van der Waals surface area contributed by atoms with Crippen molar-refractivity contribution in [2.24, 2.45) is 5.73 Å². The number of benzene rings is 1. The molecule has 3 N–H and O–H groups in total. The first-order chi connectivity index (χ1) is 9.17. The molecule has 19 heavy (non-hydrogen) atoms. The third-order valence-corrected chi connectivity index (χ3v) is 3.37. The van der Waals surface area contributed by atoms with Crippen LogP contribution in [0, 0.1) is 0 Å². The summed E-state index contributed by atoms with van der Waals surface area (Å²) in [5.41, 5.74) is 6.64. The highest BCUT2D eigenvalue weighted by Gasteiger charge is 2.17. The number of aliphatic hydroxyl groups is 1. The van der Waals surface area contributed by atoms with E-state index in [0.29, 0.717) is 31.1 Å². The molecule has 0 heterocycles. The molecule has 1 unspecified atom stereocenters. The summed E-state index contributed by atoms with van der Waals surface area (Å²) in [5.74, 6) is 1.27. The third-order valence-electron chi connectivity index (χ3n) is 2.69. The summed E-state index contributed by atoms with van der Waals surface area (Å²) in [4.78, 5) is 0. The highest BCUT2D eigenvalue weighted by molar-refractivity contribution is 9.10. The second-order valence-corrected chi connectivity index (χ2v) is 4.76. The number of hydrogen-bond donors (Lipinski definition) is 2. The van der Waals surface area contributed by atoms with Gasteiger partial charge in [0.25, 0.3) is 0 Å². The van der Waals surface area contributed by atoms with Crippen molar-refractivity contribution >= 4 is 15.9 Å². The predicted octanol–water partition coefficient (Wildman–Crippen LogP) is 1.87. The van der Waals surface area contributed by atoms with Gasteiger partial charge in [-0.2, -0.15) is 0 Å². The van der Waals surface area contributed by atoms with Crippen LogP contribution in [-0.2, 0) is 4.74 Å². The first kappa shape index (κ1) is 16.2. The fraction of sp³-hybridized carbons (Fsp3) is 0.538. The lowest BCUT2D eigenvalue weighted by atomic mass is 10.1. The number of rotatable bonds is 8. The monoisotopic (exact) mass is 333 g/mol. The lowest BCUT2D eigenvalue weighted by Gasteiger charge is -2.19. The normalized spacial score (nSPS) is 12.3. The van der Waals surface area contributed by atoms with Gasteiger partial charge in [0.1, 0.15) is 0 Å². The van der Waals surface area contributed by atoms with Crippen molar-refractivity contribution in [1.82, 2.24) is 0 Å². The summed E-state index contributed by atoms with van der Waals surface area (Å²) in [6.45, 7) is 0.906. The molecule has 1 atom stereocenters. The zero-order valence-corrected chi connectivity index (χ0v) is 12.8. The average molecular weight is 334 g/mol. The summed E-state index contributed by atoms with van der Waals surface area (Å²) in [5, 5.41) is 8.77. The molecule has 0 saturated carbocycles. The zero-order chi connectivity index (χ0) is 14.3. The Hall–Kier alpha value is -0.820. The molecule has 0 amide bonds. The van der Waals surface area contributed by atoms with E-state index in [2.05, 4.69) is 15.9 Å². The third kappa shape index (κ3) is 4.35. The van der Waals surface area contributed by atoms with Gasteiger partial charge in [0.05, 0.1) is 20.3 Å². The summed E-state index contributed by atoms with van der Waals surface area (Å²) in [6, 6.07) is 3.67. The molecule has 5 nitrogen and oxygen atoms in total. The van der Waals surface area contributed by atoms with Crippen LogP contribution in [0.4, 0.5) is 0 Å². The van der Waals surface area contributed by atoms with Gasteiger partial charge in [-0.1, -0.05) is 15.9 Å². The Labute approximate surface area is 121 Å². The molecule has 108 valence electrons. The van der Waals surface area contributed by atoms with Crippen LogP contribution in [0.15, 0.2) is 16.6 Å². The summed E-state index contributed by atoms with van der Waals surface area (Å²) < 4.78 is 17.0. The van der Waals surface area contributed by atoms with Crippen molar-refractivity contribution < 1.29 is 19.3 Å². The number of aliphatic hydroxyl groups excluding tert-OH is 1. The highest BCUT2D eigenvalue weighted by Crippen LogP contribution is 2.36. The van der Waals surface area contributed by atoms with Crippen molar-refractivity contribution in [1.29, 1.82) is 0 Å². The molecule has 0 aliphatic carbocycles. The van der Waals surface area contributed by atoms with Gasteiger partial charge in [0.2, 0.25) is 0 Å². The second-order valence-electron chi connectivity index (χ2n) is 3.90. The summed E-state index contributed by atoms with van der Waals surface area (Å²) in [7, 11) is 3.17. The number of hydrogen-bond acceptors (Lipinski definition) is 5. The lowest BCUT2D eigenvalue weighted by molar-refractivity contribution is 0.0483. The molecule has 0 spiro atoms. The van der Waals surface area contributed by atoms with Crippen molar-refractivity contribution in [2.75, 3.05) is 34.0 Å². The van der Waals surface area contributed by atoms with Crippen LogP contribution in [0.3, 0.4) is 0 Å². The van der Waals surface area contributed by atoms with Gasteiger partial charge in [-0.15, -0.1) is 0 Å². The molecule has 0 bridgehead atoms. The van der Waals surface area contributed by atoms with Gasteiger partial charge in [-0.3, -0.25) is 0 Å². The Morgan fingerprint density at radius 2 is 1.89 bits per heavy atom. The van der Waals surface area contributed by atoms with E-state index in [-0.39, 0.29) is 12.7 Å². The van der Waals surface area contributed by atoms with Crippen molar-refractivity contribution in [3.63, 3.8) is 0 Å². The SMILES string of the molecule is COc1cc(Br)c(C(CN)OCCCO)cc1OC. The Bertz CT molecular complexity index is 400. The minimum absolute atomic E-state index is 0.102. The predicted molar refractivity (Wildman–Crippen MR) is 76.7 cm³/mol. The van der Waals surface area contributed by atoms with Gasteiger partial charge >= 0.3 is 0 Å². The molecule has 1 aromatic rings. The smallest absolute Gasteiger partial charge is 0.161 e. The van der Waals surface area contributed by atoms with E-state index in [1.165, 1.54) is 0 Å². The van der Waals surface area contributed by atoms with E-state index in [1.54, 1.807) is 14.2 Å². The van der Waals surface area contributed by atoms with Crippen LogP contribution in [0.2, 0.25) is 0 Å². The number of nitrogens with two attached hydrogens (primary N) is 1. The number of ether oxygens (including phenoxy) is 3. The van der Waals surface area contributed by atoms with Gasteiger partial charge in [0.15, 0.2) is 11.5 Å². The van der Waals surface area contributed by atoms with Crippen LogP contribution in [0.5, 0.6) is 11.5 Å². The zero-order valence-electron chi connectivity index (χ0n) is 11.2. The molecule has 0 aliphatic rings. The minimum Gasteiger partial charge on any atom is -0.493 e. The van der Waals surface area contributed by atoms with Crippen molar-refractivity contribution in [2.45, 2.75) is 12.5 Å². The largest absolute Gasteiger partial charge is 0.493 e. The van der Waals surface area contributed by atoms with Crippen LogP contribution < -0.4 is 15.2 Å². The first-order valence-electron chi connectivity index (χ1n) is 6.01. The molecular weight excluding hydrogens is 314 g/mol. The quantitative estimate of drug-likeness (QED) is 0.710. The Morgan fingerprint density at radius 1 is 1.26 bits per heavy atom. The van der Waals surface area contributed by atoms with Gasteiger partial charge < -0.3 is 25.1 Å². The van der Waals surface area contributed by atoms with Crippen LogP contribution >= 0.6 is 15.9 Å². The second kappa shape index (κ2) is 8.37. The van der Waals surface area contributed by atoms with Gasteiger partial charge in [-0.05, 0) is 18.6 Å². The van der Waals surface area contributed by atoms with E-state index in [0.717, 1.165) is 10.0 Å². The number of methoxy groups -OCH3 is 2. The molecule has 0 aliphatic heterocycles. The maximum absolute atomic E-state index is 8.77. The molecule has 1 aromatic carbocycles. The average Bonchev–Trinajstić information content (AvgIpc) is 2.44. The molecule has 1 rings (SSSR count). The van der Waals surface area contributed by atoms with Crippen LogP contribution in [0.25, 0.3) is 0 Å². The lowest BCUT2D eigenvalue weighted by Crippen LogP contribution is -2.17. The molecular formula is C13H20BrNO4. The summed E-state index contributed by atoms with van der Waals surface area (Å²) >= 11 is 3.48. The molecule has 0 fully saturated rings. The fourth-order valence-electron chi connectivity index (χ4n) is 1.69. The molecule has 0 saturated heterocycles. The van der Waals surface area contributed by atoms with E-state index >= 15 is 0 Å². The van der Waals surface area contributed by atoms with E-state index < -0.39 is 0 Å². The van der Waals surface area contributed by atoms with Crippen molar-refractivity contribution in [3.8, 4) is 11.5 Å². The molecule has 0 aromatic heterocycles. The maximum atomic E-state index is 8.77. The van der Waals surface area contributed by atoms with Crippen LogP contribution in [-0.4, -0.2) is 39.1 Å². The van der Waals surface area contributed by atoms with Gasteiger partial charge in [0, 0.05) is 29.8 Å². The Kier molecular flexibility index (Phi) is 7.15. The minimum atomic E-state index is -0.249. The maximum Gasteiger partial charge on any atom is 0.161 e. The standard InChI is InChI=1S/C13H20BrNO4/c1-17-11-6-9(10(14)7-12(11)18-2)13(8-15)19-5-3-4-16/h6-7,13,16H,3-5,8,15H2,1-2H3. The Balaban J connectivity index is 2.96. The van der Waals surface area contributed by atoms with Crippen molar-refractivity contribution in [3.05, 3.63) is 22.2 Å². The molecule has 0 radical (unpaired) electrons. The van der Waals surface area contributed by atoms with E-state index in [9.17, 15) is 0 Å². The first-order valence-corrected chi connectivity index (χ1v) is 6.81. The topological polar surface area (TPSA) is 73.9 Å². The highest BCUT2D eigenvalue weighted by atomic mass is 79.9. The van der Waals surface area contributed by atoms with E-state index in [1.807, 2.05) is 12.1 Å². The number of halogens is 1.